The second-order valence-corrected chi connectivity index (χ2v) is 6.50. The molecule has 0 amide bonds. The van der Waals surface area contributed by atoms with Crippen molar-refractivity contribution in [3.63, 3.8) is 0 Å². The third-order valence-electron chi connectivity index (χ3n) is 4.17. The van der Waals surface area contributed by atoms with Crippen LogP contribution in [-0.2, 0) is 33.3 Å². The largest absolute Gasteiger partial charge is 0.463 e. The highest BCUT2D eigenvalue weighted by atomic mass is 16.7. The monoisotopic (exact) mass is 407 g/mol. The van der Waals surface area contributed by atoms with Gasteiger partial charge >= 0.3 is 17.9 Å². The summed E-state index contributed by atoms with van der Waals surface area (Å²) in [7, 11) is 0. The Labute approximate surface area is 165 Å². The summed E-state index contributed by atoms with van der Waals surface area (Å²) >= 11 is 0. The molecule has 3 rings (SSSR count). The van der Waals surface area contributed by atoms with E-state index in [1.165, 1.54) is 31.7 Å². The van der Waals surface area contributed by atoms with E-state index in [1.807, 2.05) is 0 Å². The third kappa shape index (κ3) is 4.26. The first-order valence-electron chi connectivity index (χ1n) is 8.77. The Kier molecular flexibility index (Phi) is 5.64. The molecular formula is C17H21N5O7. The third-order valence-corrected chi connectivity index (χ3v) is 4.17. The molecule has 3 heterocycles. The molecule has 2 N–H and O–H groups in total. The van der Waals surface area contributed by atoms with Crippen molar-refractivity contribution in [3.05, 3.63) is 12.2 Å². The van der Waals surface area contributed by atoms with Crippen LogP contribution in [0.2, 0.25) is 0 Å². The molecule has 1 aliphatic rings. The Bertz CT molecular complexity index is 959. The minimum absolute atomic E-state index is 0.182. The maximum absolute atomic E-state index is 11.7. The molecule has 0 saturated carbocycles. The molecule has 29 heavy (non-hydrogen) atoms. The highest BCUT2D eigenvalue weighted by Gasteiger charge is 2.51. The summed E-state index contributed by atoms with van der Waals surface area (Å²) in [6.07, 6.45) is -2.48. The van der Waals surface area contributed by atoms with E-state index in [4.69, 9.17) is 24.7 Å². The van der Waals surface area contributed by atoms with Gasteiger partial charge in [0.15, 0.2) is 29.9 Å². The molecule has 2 aromatic heterocycles. The SMILES string of the molecule is CC(=O)OC[C@H]1O[C@@H](n2cnc3c(N)nc(C)nc32)[C@H](OC(C)=O)[C@@H]1OC(C)=O. The molecule has 0 unspecified atom stereocenters. The number of anilines is 1. The van der Waals surface area contributed by atoms with Gasteiger partial charge < -0.3 is 24.7 Å². The van der Waals surface area contributed by atoms with E-state index in [-0.39, 0.29) is 12.4 Å². The van der Waals surface area contributed by atoms with Gasteiger partial charge in [0.2, 0.25) is 0 Å². The van der Waals surface area contributed by atoms with Crippen molar-refractivity contribution in [1.82, 2.24) is 19.5 Å². The molecule has 0 bridgehead atoms. The van der Waals surface area contributed by atoms with Gasteiger partial charge in [0.25, 0.3) is 0 Å². The lowest BCUT2D eigenvalue weighted by Crippen LogP contribution is -2.40. The number of nitrogen functional groups attached to an aromatic ring is 1. The maximum atomic E-state index is 11.7. The summed E-state index contributed by atoms with van der Waals surface area (Å²) < 4.78 is 23.2. The molecule has 0 radical (unpaired) electrons. The van der Waals surface area contributed by atoms with Gasteiger partial charge in [-0.2, -0.15) is 0 Å². The molecule has 12 heteroatoms. The molecule has 1 aliphatic heterocycles. The van der Waals surface area contributed by atoms with Crippen LogP contribution in [0.15, 0.2) is 6.33 Å². The van der Waals surface area contributed by atoms with Gasteiger partial charge in [-0.1, -0.05) is 0 Å². The Hall–Kier alpha value is -3.28. The van der Waals surface area contributed by atoms with Crippen molar-refractivity contribution in [2.75, 3.05) is 12.3 Å². The van der Waals surface area contributed by atoms with E-state index in [0.29, 0.717) is 17.0 Å². The Morgan fingerprint density at radius 3 is 2.38 bits per heavy atom. The maximum Gasteiger partial charge on any atom is 0.303 e. The van der Waals surface area contributed by atoms with Crippen LogP contribution in [0.25, 0.3) is 11.2 Å². The van der Waals surface area contributed by atoms with Crippen molar-refractivity contribution in [2.24, 2.45) is 0 Å². The first-order chi connectivity index (χ1) is 13.7. The summed E-state index contributed by atoms with van der Waals surface area (Å²) in [6, 6.07) is 0. The zero-order valence-electron chi connectivity index (χ0n) is 16.3. The minimum atomic E-state index is -1.04. The fraction of sp³-hybridized carbons (Fsp3) is 0.529. The summed E-state index contributed by atoms with van der Waals surface area (Å²) in [5.74, 6) is -1.16. The average Bonchev–Trinajstić information content (AvgIpc) is 3.15. The molecule has 2 aromatic rings. The number of fused-ring (bicyclic) bond motifs is 1. The highest BCUT2D eigenvalue weighted by molar-refractivity contribution is 5.81. The first kappa shape index (κ1) is 20.5. The zero-order valence-corrected chi connectivity index (χ0v) is 16.3. The number of aryl methyl sites for hydroxylation is 1. The van der Waals surface area contributed by atoms with Gasteiger partial charge in [-0.05, 0) is 6.92 Å². The van der Waals surface area contributed by atoms with Gasteiger partial charge in [-0.3, -0.25) is 19.0 Å². The Balaban J connectivity index is 2.04. The van der Waals surface area contributed by atoms with Crippen LogP contribution in [0.1, 0.15) is 32.8 Å². The van der Waals surface area contributed by atoms with Crippen LogP contribution in [-0.4, -0.2) is 62.3 Å². The number of nitrogens with zero attached hydrogens (tertiary/aromatic N) is 4. The van der Waals surface area contributed by atoms with Crippen LogP contribution in [0, 0.1) is 6.92 Å². The molecule has 4 atom stereocenters. The molecule has 0 aliphatic carbocycles. The normalized spacial score (nSPS) is 23.7. The van der Waals surface area contributed by atoms with Crippen molar-refractivity contribution in [2.45, 2.75) is 52.2 Å². The summed E-state index contributed by atoms with van der Waals surface area (Å²) in [5, 5.41) is 0. The van der Waals surface area contributed by atoms with Gasteiger partial charge in [0.05, 0.1) is 6.33 Å². The number of aromatic nitrogens is 4. The number of ether oxygens (including phenoxy) is 4. The van der Waals surface area contributed by atoms with E-state index < -0.39 is 42.4 Å². The van der Waals surface area contributed by atoms with Crippen molar-refractivity contribution in [1.29, 1.82) is 0 Å². The standard InChI is InChI=1S/C17H21N5O7/c1-7-20-15(18)12-16(21-7)22(6-19-12)17-14(28-10(4)25)13(27-9(3)24)11(29-17)5-26-8(2)23/h6,11,13-14,17H,5H2,1-4H3,(H2,18,20,21)/t11-,13-,14-,17-/m1/s1. The van der Waals surface area contributed by atoms with E-state index >= 15 is 0 Å². The quantitative estimate of drug-likeness (QED) is 0.527. The predicted molar refractivity (Wildman–Crippen MR) is 96.1 cm³/mol. The summed E-state index contributed by atoms with van der Waals surface area (Å²) in [6.45, 7) is 5.13. The molecular weight excluding hydrogens is 386 g/mol. The van der Waals surface area contributed by atoms with Gasteiger partial charge in [0.1, 0.15) is 24.1 Å². The van der Waals surface area contributed by atoms with Gasteiger partial charge in [-0.15, -0.1) is 0 Å². The summed E-state index contributed by atoms with van der Waals surface area (Å²) in [5.41, 5.74) is 6.60. The zero-order chi connectivity index (χ0) is 21.3. The Morgan fingerprint density at radius 1 is 1.10 bits per heavy atom. The fourth-order valence-corrected chi connectivity index (χ4v) is 3.15. The molecule has 1 saturated heterocycles. The van der Waals surface area contributed by atoms with Crippen LogP contribution in [0.3, 0.4) is 0 Å². The molecule has 12 nitrogen and oxygen atoms in total. The number of carbonyl (C=O) groups excluding carboxylic acids is 3. The smallest absolute Gasteiger partial charge is 0.303 e. The number of esters is 3. The number of carbonyl (C=O) groups is 3. The summed E-state index contributed by atoms with van der Waals surface area (Å²) in [4.78, 5) is 47.2. The van der Waals surface area contributed by atoms with Crippen LogP contribution in [0.5, 0.6) is 0 Å². The van der Waals surface area contributed by atoms with Crippen LogP contribution < -0.4 is 5.73 Å². The lowest BCUT2D eigenvalue weighted by molar-refractivity contribution is -0.166. The van der Waals surface area contributed by atoms with E-state index in [0.717, 1.165) is 0 Å². The van der Waals surface area contributed by atoms with Crippen LogP contribution in [0.4, 0.5) is 5.82 Å². The minimum Gasteiger partial charge on any atom is -0.463 e. The van der Waals surface area contributed by atoms with Crippen molar-refractivity contribution >= 4 is 34.9 Å². The highest BCUT2D eigenvalue weighted by Crippen LogP contribution is 2.36. The second-order valence-electron chi connectivity index (χ2n) is 6.50. The Morgan fingerprint density at radius 2 is 1.76 bits per heavy atom. The number of hydrogen-bond donors (Lipinski definition) is 1. The number of hydrogen-bond acceptors (Lipinski definition) is 11. The fourth-order valence-electron chi connectivity index (χ4n) is 3.15. The molecule has 0 spiro atoms. The number of nitrogens with two attached hydrogens (primary N) is 1. The molecule has 0 aromatic carbocycles. The average molecular weight is 407 g/mol. The van der Waals surface area contributed by atoms with Gasteiger partial charge in [-0.25, -0.2) is 15.0 Å². The number of imidazole rings is 1. The van der Waals surface area contributed by atoms with Crippen LogP contribution >= 0.6 is 0 Å². The van der Waals surface area contributed by atoms with Crippen molar-refractivity contribution in [3.8, 4) is 0 Å². The predicted octanol–water partition coefficient (Wildman–Crippen LogP) is 0.0408. The first-order valence-corrected chi connectivity index (χ1v) is 8.77. The lowest BCUT2D eigenvalue weighted by Gasteiger charge is -2.23. The number of rotatable bonds is 5. The van der Waals surface area contributed by atoms with E-state index in [9.17, 15) is 14.4 Å². The topological polar surface area (TPSA) is 158 Å². The second kappa shape index (κ2) is 7.99. The van der Waals surface area contributed by atoms with Crippen molar-refractivity contribution < 1.29 is 33.3 Å². The molecule has 1 fully saturated rings. The molecule has 156 valence electrons. The van der Waals surface area contributed by atoms with E-state index in [1.54, 1.807) is 6.92 Å². The van der Waals surface area contributed by atoms with Gasteiger partial charge in [0, 0.05) is 20.8 Å². The lowest BCUT2D eigenvalue weighted by atomic mass is 10.1. The van der Waals surface area contributed by atoms with E-state index in [2.05, 4.69) is 15.0 Å².